The lowest BCUT2D eigenvalue weighted by Gasteiger charge is -2.21. The lowest BCUT2D eigenvalue weighted by Crippen LogP contribution is -2.26. The maximum absolute atomic E-state index is 12.9. The first-order valence-corrected chi connectivity index (χ1v) is 6.60. The van der Waals surface area contributed by atoms with Crippen LogP contribution in [-0.4, -0.2) is 29.1 Å². The van der Waals surface area contributed by atoms with Crippen LogP contribution in [0.3, 0.4) is 0 Å². The summed E-state index contributed by atoms with van der Waals surface area (Å²) in [5.74, 6) is -1.24. The number of carbonyl (C=O) groups is 1. The van der Waals surface area contributed by atoms with Gasteiger partial charge in [0.15, 0.2) is 0 Å². The van der Waals surface area contributed by atoms with Gasteiger partial charge in [0.25, 0.3) is 0 Å². The molecule has 1 aromatic rings. The molecular formula is C13H17F3N2O2. The number of aromatic nitrogens is 1. The number of carboxylic acid groups (broad SMARTS) is 1. The van der Waals surface area contributed by atoms with E-state index in [0.717, 1.165) is 25.7 Å². The van der Waals surface area contributed by atoms with Gasteiger partial charge in [0, 0.05) is 13.1 Å². The third kappa shape index (κ3) is 2.76. The highest BCUT2D eigenvalue weighted by atomic mass is 19.4. The first kappa shape index (κ1) is 14.7. The number of carboxylic acids is 1. The van der Waals surface area contributed by atoms with Crippen molar-refractivity contribution in [3.8, 4) is 0 Å². The fraction of sp³-hybridized carbons (Fsp3) is 0.615. The van der Waals surface area contributed by atoms with E-state index >= 15 is 0 Å². The molecule has 0 atom stereocenters. The smallest absolute Gasteiger partial charge is 0.431 e. The number of halogens is 3. The van der Waals surface area contributed by atoms with E-state index in [1.54, 1.807) is 4.90 Å². The summed E-state index contributed by atoms with van der Waals surface area (Å²) < 4.78 is 38.7. The number of hydrogen-bond donors (Lipinski definition) is 2. The van der Waals surface area contributed by atoms with Crippen LogP contribution in [0.2, 0.25) is 0 Å². The average molecular weight is 290 g/mol. The third-order valence-corrected chi connectivity index (χ3v) is 3.65. The molecule has 0 aliphatic carbocycles. The Morgan fingerprint density at radius 3 is 2.20 bits per heavy atom. The Morgan fingerprint density at radius 1 is 1.20 bits per heavy atom. The molecule has 0 unspecified atom stereocenters. The van der Waals surface area contributed by atoms with Crippen molar-refractivity contribution in [3.63, 3.8) is 0 Å². The van der Waals surface area contributed by atoms with E-state index in [4.69, 9.17) is 0 Å². The van der Waals surface area contributed by atoms with Gasteiger partial charge in [-0.1, -0.05) is 12.8 Å². The van der Waals surface area contributed by atoms with E-state index < -0.39 is 17.8 Å². The Balaban J connectivity index is 2.48. The van der Waals surface area contributed by atoms with Crippen LogP contribution in [-0.2, 0) is 6.18 Å². The van der Waals surface area contributed by atoms with E-state index in [1.807, 2.05) is 0 Å². The van der Waals surface area contributed by atoms with Crippen LogP contribution in [0.5, 0.6) is 0 Å². The van der Waals surface area contributed by atoms with Crippen molar-refractivity contribution >= 4 is 11.8 Å². The molecular weight excluding hydrogens is 273 g/mol. The standard InChI is InChI=1S/C13H17F3N2O2/c1-8-9(12(19)20)11(17-10(8)13(14,15)16)18-6-4-2-3-5-7-18/h17H,2-7H2,1H3,(H,19,20). The molecule has 2 N–H and O–H groups in total. The Morgan fingerprint density at radius 2 is 1.75 bits per heavy atom. The lowest BCUT2D eigenvalue weighted by molar-refractivity contribution is -0.141. The van der Waals surface area contributed by atoms with Crippen LogP contribution in [0.4, 0.5) is 19.0 Å². The number of rotatable bonds is 2. The van der Waals surface area contributed by atoms with E-state index in [1.165, 1.54) is 6.92 Å². The number of nitrogens with one attached hydrogen (secondary N) is 1. The molecule has 2 rings (SSSR count). The maximum Gasteiger partial charge on any atom is 0.431 e. The van der Waals surface area contributed by atoms with Gasteiger partial charge >= 0.3 is 12.1 Å². The van der Waals surface area contributed by atoms with E-state index in [0.29, 0.717) is 13.1 Å². The largest absolute Gasteiger partial charge is 0.478 e. The zero-order valence-electron chi connectivity index (χ0n) is 11.2. The minimum Gasteiger partial charge on any atom is -0.478 e. The number of H-pyrrole nitrogens is 1. The predicted octanol–water partition coefficient (Wildman–Crippen LogP) is 3.42. The highest BCUT2D eigenvalue weighted by Crippen LogP contribution is 2.37. The van der Waals surface area contributed by atoms with E-state index in [2.05, 4.69) is 4.98 Å². The molecule has 0 bridgehead atoms. The summed E-state index contributed by atoms with van der Waals surface area (Å²) in [6.07, 6.45) is -0.815. The van der Waals surface area contributed by atoms with Crippen LogP contribution < -0.4 is 4.90 Å². The molecule has 1 aliphatic heterocycles. The number of nitrogens with zero attached hydrogens (tertiary/aromatic N) is 1. The van der Waals surface area contributed by atoms with Gasteiger partial charge in [-0.2, -0.15) is 13.2 Å². The van der Waals surface area contributed by atoms with Gasteiger partial charge in [-0.15, -0.1) is 0 Å². The van der Waals surface area contributed by atoms with Crippen LogP contribution in [0.15, 0.2) is 0 Å². The SMILES string of the molecule is Cc1c(C(F)(F)F)[nH]c(N2CCCCCC2)c1C(=O)O. The molecule has 112 valence electrons. The van der Waals surface area contributed by atoms with Crippen molar-refractivity contribution < 1.29 is 23.1 Å². The molecule has 4 nitrogen and oxygen atoms in total. The third-order valence-electron chi connectivity index (χ3n) is 3.65. The molecule has 20 heavy (non-hydrogen) atoms. The first-order chi connectivity index (χ1) is 9.32. The average Bonchev–Trinajstić information content (AvgIpc) is 2.53. The van der Waals surface area contributed by atoms with E-state index in [9.17, 15) is 23.1 Å². The van der Waals surface area contributed by atoms with Crippen molar-refractivity contribution in [3.05, 3.63) is 16.8 Å². The predicted molar refractivity (Wildman–Crippen MR) is 68.2 cm³/mol. The van der Waals surface area contributed by atoms with Crippen molar-refractivity contribution in [2.24, 2.45) is 0 Å². The van der Waals surface area contributed by atoms with Crippen molar-refractivity contribution in [2.45, 2.75) is 38.8 Å². The minimum atomic E-state index is -4.57. The summed E-state index contributed by atoms with van der Waals surface area (Å²) in [4.78, 5) is 15.3. The van der Waals surface area contributed by atoms with Gasteiger partial charge in [0.1, 0.15) is 17.1 Å². The lowest BCUT2D eigenvalue weighted by atomic mass is 10.1. The normalized spacial score (nSPS) is 17.1. The number of hydrogen-bond acceptors (Lipinski definition) is 2. The quantitative estimate of drug-likeness (QED) is 0.877. The van der Waals surface area contributed by atoms with Crippen LogP contribution >= 0.6 is 0 Å². The number of alkyl halides is 3. The van der Waals surface area contributed by atoms with Gasteiger partial charge in [0.05, 0.1) is 0 Å². The van der Waals surface area contributed by atoms with Crippen LogP contribution in [0.1, 0.15) is 47.3 Å². The zero-order chi connectivity index (χ0) is 14.9. The molecule has 0 saturated carbocycles. The molecule has 0 amide bonds. The summed E-state index contributed by atoms with van der Waals surface area (Å²) in [5, 5.41) is 9.21. The Hall–Kier alpha value is -1.66. The van der Waals surface area contributed by atoms with Crippen molar-refractivity contribution in [1.82, 2.24) is 4.98 Å². The van der Waals surface area contributed by atoms with Crippen LogP contribution in [0, 0.1) is 6.92 Å². The second-order valence-corrected chi connectivity index (χ2v) is 5.05. The molecule has 2 heterocycles. The summed E-state index contributed by atoms with van der Waals surface area (Å²) in [6, 6.07) is 0. The van der Waals surface area contributed by atoms with Gasteiger partial charge in [-0.05, 0) is 25.3 Å². The Kier molecular flexibility index (Phi) is 3.96. The molecule has 0 spiro atoms. The van der Waals surface area contributed by atoms with Gasteiger partial charge < -0.3 is 15.0 Å². The van der Waals surface area contributed by atoms with Gasteiger partial charge in [-0.25, -0.2) is 4.79 Å². The molecule has 0 radical (unpaired) electrons. The second kappa shape index (κ2) is 5.38. The monoisotopic (exact) mass is 290 g/mol. The second-order valence-electron chi connectivity index (χ2n) is 5.05. The summed E-state index contributed by atoms with van der Waals surface area (Å²) >= 11 is 0. The minimum absolute atomic E-state index is 0.0872. The summed E-state index contributed by atoms with van der Waals surface area (Å²) in [6.45, 7) is 2.36. The molecule has 1 saturated heterocycles. The first-order valence-electron chi connectivity index (χ1n) is 6.60. The fourth-order valence-corrected chi connectivity index (χ4v) is 2.65. The highest BCUT2D eigenvalue weighted by molar-refractivity contribution is 5.96. The molecule has 0 aromatic carbocycles. The molecule has 7 heteroatoms. The number of aromatic amines is 1. The van der Waals surface area contributed by atoms with Crippen molar-refractivity contribution in [2.75, 3.05) is 18.0 Å². The van der Waals surface area contributed by atoms with Crippen molar-refractivity contribution in [1.29, 1.82) is 0 Å². The van der Waals surface area contributed by atoms with Gasteiger partial charge in [-0.3, -0.25) is 0 Å². The maximum atomic E-state index is 12.9. The molecule has 1 aromatic heterocycles. The summed E-state index contributed by atoms with van der Waals surface area (Å²) in [7, 11) is 0. The number of aromatic carboxylic acids is 1. The molecule has 1 fully saturated rings. The van der Waals surface area contributed by atoms with E-state index in [-0.39, 0.29) is 16.9 Å². The number of anilines is 1. The zero-order valence-corrected chi connectivity index (χ0v) is 11.2. The molecule has 1 aliphatic rings. The fourth-order valence-electron chi connectivity index (χ4n) is 2.65. The Labute approximate surface area is 114 Å². The topological polar surface area (TPSA) is 56.3 Å². The van der Waals surface area contributed by atoms with Gasteiger partial charge in [0.2, 0.25) is 0 Å². The summed E-state index contributed by atoms with van der Waals surface area (Å²) in [5.41, 5.74) is -1.47. The Bertz CT molecular complexity index is 500. The van der Waals surface area contributed by atoms with Crippen LogP contribution in [0.25, 0.3) is 0 Å². The highest BCUT2D eigenvalue weighted by Gasteiger charge is 2.38.